The van der Waals surface area contributed by atoms with Gasteiger partial charge in [0.2, 0.25) is 5.91 Å². The average molecular weight is 238 g/mol. The lowest BCUT2D eigenvalue weighted by Gasteiger charge is -2.13. The molecular formula is C12H22N4O. The zero-order valence-corrected chi connectivity index (χ0v) is 10.6. The third-order valence-corrected chi connectivity index (χ3v) is 2.92. The van der Waals surface area contributed by atoms with Crippen LogP contribution in [0.2, 0.25) is 0 Å². The standard InChI is InChI=1S/C12H22N4O/c1-9(5-6-13)3-4-12(17)16-10(2)11-7-14-15-8-11/h7-10H,3-6,13H2,1-2H3,(H,14,15)(H,16,17). The number of rotatable bonds is 7. The van der Waals surface area contributed by atoms with Gasteiger partial charge < -0.3 is 11.1 Å². The maximum atomic E-state index is 11.7. The topological polar surface area (TPSA) is 83.8 Å². The number of aromatic nitrogens is 2. The summed E-state index contributed by atoms with van der Waals surface area (Å²) in [6, 6.07) is 0.00562. The fraction of sp³-hybridized carbons (Fsp3) is 0.667. The predicted molar refractivity (Wildman–Crippen MR) is 67.2 cm³/mol. The van der Waals surface area contributed by atoms with Gasteiger partial charge >= 0.3 is 0 Å². The molecule has 0 aliphatic heterocycles. The first kappa shape index (κ1) is 13.7. The quantitative estimate of drug-likeness (QED) is 0.670. The lowest BCUT2D eigenvalue weighted by molar-refractivity contribution is -0.122. The second kappa shape index (κ2) is 7.06. The molecule has 0 aliphatic carbocycles. The van der Waals surface area contributed by atoms with E-state index < -0.39 is 0 Å². The van der Waals surface area contributed by atoms with E-state index in [1.807, 2.05) is 6.92 Å². The van der Waals surface area contributed by atoms with Gasteiger partial charge in [-0.15, -0.1) is 0 Å². The van der Waals surface area contributed by atoms with E-state index in [2.05, 4.69) is 22.4 Å². The van der Waals surface area contributed by atoms with E-state index in [4.69, 9.17) is 5.73 Å². The third kappa shape index (κ3) is 4.99. The van der Waals surface area contributed by atoms with E-state index in [1.165, 1.54) is 0 Å². The van der Waals surface area contributed by atoms with Crippen molar-refractivity contribution in [3.63, 3.8) is 0 Å². The number of nitrogens with zero attached hydrogens (tertiary/aromatic N) is 1. The van der Waals surface area contributed by atoms with Crippen molar-refractivity contribution in [2.75, 3.05) is 6.54 Å². The smallest absolute Gasteiger partial charge is 0.220 e. The van der Waals surface area contributed by atoms with Gasteiger partial charge in [0.25, 0.3) is 0 Å². The average Bonchev–Trinajstić information content (AvgIpc) is 2.80. The molecular weight excluding hydrogens is 216 g/mol. The summed E-state index contributed by atoms with van der Waals surface area (Å²) in [5.74, 6) is 0.595. The lowest BCUT2D eigenvalue weighted by atomic mass is 10.0. The highest BCUT2D eigenvalue weighted by Gasteiger charge is 2.11. The van der Waals surface area contributed by atoms with Gasteiger partial charge in [-0.05, 0) is 32.2 Å². The molecule has 4 N–H and O–H groups in total. The highest BCUT2D eigenvalue weighted by molar-refractivity contribution is 5.76. The Hall–Kier alpha value is -1.36. The molecule has 96 valence electrons. The first-order valence-electron chi connectivity index (χ1n) is 6.11. The van der Waals surface area contributed by atoms with Gasteiger partial charge in [-0.1, -0.05) is 6.92 Å². The Morgan fingerprint density at radius 3 is 2.88 bits per heavy atom. The van der Waals surface area contributed by atoms with Crippen molar-refractivity contribution in [1.29, 1.82) is 0 Å². The van der Waals surface area contributed by atoms with Gasteiger partial charge in [0, 0.05) is 18.2 Å². The normalized spacial score (nSPS) is 14.3. The molecule has 1 aromatic rings. The van der Waals surface area contributed by atoms with Crippen LogP contribution in [0, 0.1) is 5.92 Å². The van der Waals surface area contributed by atoms with E-state index in [0.29, 0.717) is 18.9 Å². The van der Waals surface area contributed by atoms with Crippen molar-refractivity contribution in [1.82, 2.24) is 15.5 Å². The van der Waals surface area contributed by atoms with Crippen molar-refractivity contribution in [2.45, 2.75) is 39.2 Å². The molecule has 0 radical (unpaired) electrons. The number of H-pyrrole nitrogens is 1. The summed E-state index contributed by atoms with van der Waals surface area (Å²) in [7, 11) is 0. The number of amides is 1. The molecule has 1 heterocycles. The van der Waals surface area contributed by atoms with E-state index in [0.717, 1.165) is 18.4 Å². The predicted octanol–water partition coefficient (Wildman–Crippen LogP) is 1.35. The number of aromatic amines is 1. The summed E-state index contributed by atoms with van der Waals surface area (Å²) in [5, 5.41) is 9.54. The van der Waals surface area contributed by atoms with Gasteiger partial charge in [0.15, 0.2) is 0 Å². The fourth-order valence-electron chi connectivity index (χ4n) is 1.70. The Labute approximate surface area is 102 Å². The fourth-order valence-corrected chi connectivity index (χ4v) is 1.70. The van der Waals surface area contributed by atoms with Crippen LogP contribution in [-0.2, 0) is 4.79 Å². The largest absolute Gasteiger partial charge is 0.349 e. The van der Waals surface area contributed by atoms with E-state index >= 15 is 0 Å². The molecule has 2 atom stereocenters. The molecule has 1 amide bonds. The Balaban J connectivity index is 2.25. The molecule has 2 unspecified atom stereocenters. The Morgan fingerprint density at radius 1 is 1.53 bits per heavy atom. The van der Waals surface area contributed by atoms with Crippen molar-refractivity contribution >= 4 is 5.91 Å². The minimum atomic E-state index is 0.00562. The SMILES string of the molecule is CC(CCN)CCC(=O)NC(C)c1cn[nH]c1. The molecule has 0 aliphatic rings. The van der Waals surface area contributed by atoms with E-state index in [9.17, 15) is 4.79 Å². The van der Waals surface area contributed by atoms with Gasteiger partial charge in [-0.3, -0.25) is 9.89 Å². The first-order valence-corrected chi connectivity index (χ1v) is 6.11. The van der Waals surface area contributed by atoms with Crippen molar-refractivity contribution in [2.24, 2.45) is 11.7 Å². The van der Waals surface area contributed by atoms with Gasteiger partial charge in [-0.25, -0.2) is 0 Å². The molecule has 1 rings (SSSR count). The monoisotopic (exact) mass is 238 g/mol. The summed E-state index contributed by atoms with van der Waals surface area (Å²) in [4.78, 5) is 11.7. The zero-order valence-electron chi connectivity index (χ0n) is 10.6. The minimum Gasteiger partial charge on any atom is -0.349 e. The van der Waals surface area contributed by atoms with Crippen LogP contribution in [0.1, 0.15) is 44.7 Å². The Morgan fingerprint density at radius 2 is 2.29 bits per heavy atom. The zero-order chi connectivity index (χ0) is 12.7. The Bertz CT molecular complexity index is 323. The highest BCUT2D eigenvalue weighted by Crippen LogP contribution is 2.12. The van der Waals surface area contributed by atoms with Crippen LogP contribution in [0.4, 0.5) is 0 Å². The maximum absolute atomic E-state index is 11.7. The molecule has 0 saturated carbocycles. The molecule has 5 nitrogen and oxygen atoms in total. The van der Waals surface area contributed by atoms with Crippen LogP contribution in [0.25, 0.3) is 0 Å². The molecule has 1 aromatic heterocycles. The van der Waals surface area contributed by atoms with Crippen molar-refractivity contribution < 1.29 is 4.79 Å². The summed E-state index contributed by atoms with van der Waals surface area (Å²) < 4.78 is 0. The van der Waals surface area contributed by atoms with Gasteiger partial charge in [-0.2, -0.15) is 5.10 Å². The summed E-state index contributed by atoms with van der Waals surface area (Å²) >= 11 is 0. The van der Waals surface area contributed by atoms with Gasteiger partial charge in [0.1, 0.15) is 0 Å². The maximum Gasteiger partial charge on any atom is 0.220 e. The molecule has 0 fully saturated rings. The Kier molecular flexibility index (Phi) is 5.69. The van der Waals surface area contributed by atoms with Crippen LogP contribution >= 0.6 is 0 Å². The number of hydrogen-bond donors (Lipinski definition) is 3. The number of nitrogens with two attached hydrogens (primary N) is 1. The molecule has 0 saturated heterocycles. The first-order chi connectivity index (χ1) is 8.13. The second-order valence-electron chi connectivity index (χ2n) is 4.54. The van der Waals surface area contributed by atoms with Crippen LogP contribution in [0.5, 0.6) is 0 Å². The van der Waals surface area contributed by atoms with Crippen LogP contribution in [0.15, 0.2) is 12.4 Å². The molecule has 5 heteroatoms. The summed E-state index contributed by atoms with van der Waals surface area (Å²) in [5.41, 5.74) is 6.46. The molecule has 0 bridgehead atoms. The van der Waals surface area contributed by atoms with Crippen LogP contribution in [-0.4, -0.2) is 22.6 Å². The molecule has 17 heavy (non-hydrogen) atoms. The number of carbonyl (C=O) groups is 1. The number of carbonyl (C=O) groups excluding carboxylic acids is 1. The number of hydrogen-bond acceptors (Lipinski definition) is 3. The summed E-state index contributed by atoms with van der Waals surface area (Å²) in [6.07, 6.45) is 5.94. The highest BCUT2D eigenvalue weighted by atomic mass is 16.1. The van der Waals surface area contributed by atoms with E-state index in [-0.39, 0.29) is 11.9 Å². The second-order valence-corrected chi connectivity index (χ2v) is 4.54. The third-order valence-electron chi connectivity index (χ3n) is 2.92. The van der Waals surface area contributed by atoms with Crippen LogP contribution in [0.3, 0.4) is 0 Å². The summed E-state index contributed by atoms with van der Waals surface area (Å²) in [6.45, 7) is 4.76. The lowest BCUT2D eigenvalue weighted by Crippen LogP contribution is -2.26. The molecule has 0 aromatic carbocycles. The molecule has 0 spiro atoms. The van der Waals surface area contributed by atoms with Crippen LogP contribution < -0.4 is 11.1 Å². The minimum absolute atomic E-state index is 0.00562. The number of nitrogens with one attached hydrogen (secondary N) is 2. The van der Waals surface area contributed by atoms with Crippen molar-refractivity contribution in [3.8, 4) is 0 Å². The van der Waals surface area contributed by atoms with Gasteiger partial charge in [0.05, 0.1) is 12.2 Å². The van der Waals surface area contributed by atoms with Crippen molar-refractivity contribution in [3.05, 3.63) is 18.0 Å². The van der Waals surface area contributed by atoms with E-state index in [1.54, 1.807) is 12.4 Å².